The summed E-state index contributed by atoms with van der Waals surface area (Å²) in [6, 6.07) is 15.2. The van der Waals surface area contributed by atoms with Crippen LogP contribution in [0.4, 0.5) is 11.4 Å². The number of nitrogens with one attached hydrogen (secondary N) is 1. The SMILES string of the molecule is CNCCC1C(=O)N(c2ccccc2)c2cc(Cl)ccc2-n2c(C)nnc21. The number of fused-ring (bicyclic) bond motifs is 3. The van der Waals surface area contributed by atoms with E-state index in [0.717, 1.165) is 22.9 Å². The lowest BCUT2D eigenvalue weighted by Crippen LogP contribution is -2.32. The van der Waals surface area contributed by atoms with Crippen LogP contribution in [0.25, 0.3) is 5.69 Å². The molecule has 7 heteroatoms. The minimum atomic E-state index is -0.412. The molecule has 27 heavy (non-hydrogen) atoms. The van der Waals surface area contributed by atoms with Gasteiger partial charge in [-0.1, -0.05) is 29.8 Å². The summed E-state index contributed by atoms with van der Waals surface area (Å²) in [6.45, 7) is 2.59. The van der Waals surface area contributed by atoms with Gasteiger partial charge in [0.15, 0.2) is 0 Å². The van der Waals surface area contributed by atoms with E-state index in [1.165, 1.54) is 0 Å². The van der Waals surface area contributed by atoms with Crippen LogP contribution < -0.4 is 10.2 Å². The molecule has 6 nitrogen and oxygen atoms in total. The summed E-state index contributed by atoms with van der Waals surface area (Å²) in [5.41, 5.74) is 2.38. The van der Waals surface area contributed by atoms with Gasteiger partial charge in [-0.3, -0.25) is 14.3 Å². The Hall–Kier alpha value is -2.70. The molecular weight excluding hydrogens is 362 g/mol. The molecule has 1 aliphatic rings. The van der Waals surface area contributed by atoms with Crippen molar-refractivity contribution in [3.05, 3.63) is 65.2 Å². The number of amides is 1. The van der Waals surface area contributed by atoms with Crippen molar-refractivity contribution in [3.8, 4) is 5.69 Å². The predicted molar refractivity (Wildman–Crippen MR) is 106 cm³/mol. The van der Waals surface area contributed by atoms with Crippen LogP contribution >= 0.6 is 11.6 Å². The molecule has 0 saturated heterocycles. The van der Waals surface area contributed by atoms with E-state index < -0.39 is 5.92 Å². The number of nitrogens with zero attached hydrogens (tertiary/aromatic N) is 4. The van der Waals surface area contributed by atoms with Gasteiger partial charge in [-0.15, -0.1) is 10.2 Å². The maximum atomic E-state index is 13.7. The molecule has 1 atom stereocenters. The summed E-state index contributed by atoms with van der Waals surface area (Å²) in [7, 11) is 1.88. The van der Waals surface area contributed by atoms with Crippen molar-refractivity contribution in [2.24, 2.45) is 0 Å². The van der Waals surface area contributed by atoms with E-state index in [-0.39, 0.29) is 5.91 Å². The predicted octanol–water partition coefficient (Wildman–Crippen LogP) is 3.60. The average molecular weight is 382 g/mol. The molecule has 138 valence electrons. The first-order valence-corrected chi connectivity index (χ1v) is 9.25. The number of carbonyl (C=O) groups excluding carboxylic acids is 1. The molecule has 3 aromatic rings. The number of hydrogen-bond donors (Lipinski definition) is 1. The van der Waals surface area contributed by atoms with Crippen molar-refractivity contribution in [2.75, 3.05) is 18.5 Å². The van der Waals surface area contributed by atoms with E-state index in [4.69, 9.17) is 11.6 Å². The number of hydrogen-bond acceptors (Lipinski definition) is 4. The van der Waals surface area contributed by atoms with Gasteiger partial charge in [-0.2, -0.15) is 0 Å². The molecule has 1 N–H and O–H groups in total. The second-order valence-corrected chi connectivity index (χ2v) is 6.96. The molecule has 1 amide bonds. The fourth-order valence-electron chi connectivity index (χ4n) is 3.54. The molecule has 0 saturated carbocycles. The first-order valence-electron chi connectivity index (χ1n) is 8.87. The monoisotopic (exact) mass is 381 g/mol. The second-order valence-electron chi connectivity index (χ2n) is 6.53. The van der Waals surface area contributed by atoms with E-state index in [2.05, 4.69) is 15.5 Å². The minimum Gasteiger partial charge on any atom is -0.320 e. The van der Waals surface area contributed by atoms with Crippen LogP contribution in [0.1, 0.15) is 24.0 Å². The molecule has 1 aliphatic heterocycles. The molecule has 2 aromatic carbocycles. The standard InChI is InChI=1S/C20H20ClN5O/c1-13-23-24-19-16(10-11-22-2)20(27)26(15-6-4-3-5-7-15)18-12-14(21)8-9-17(18)25(13)19/h3-9,12,16,22H,10-11H2,1-2H3. The number of anilines is 2. The summed E-state index contributed by atoms with van der Waals surface area (Å²) < 4.78 is 1.97. The van der Waals surface area contributed by atoms with Gasteiger partial charge < -0.3 is 5.32 Å². The van der Waals surface area contributed by atoms with Crippen molar-refractivity contribution in [1.82, 2.24) is 20.1 Å². The quantitative estimate of drug-likeness (QED) is 0.750. The number of aryl methyl sites for hydroxylation is 1. The zero-order valence-electron chi connectivity index (χ0n) is 15.2. The van der Waals surface area contributed by atoms with Crippen LogP contribution in [-0.4, -0.2) is 34.3 Å². The van der Waals surface area contributed by atoms with E-state index in [1.54, 1.807) is 4.90 Å². The van der Waals surface area contributed by atoms with Crippen molar-refractivity contribution >= 4 is 28.9 Å². The van der Waals surface area contributed by atoms with Gasteiger partial charge in [0.25, 0.3) is 0 Å². The molecule has 1 unspecified atom stereocenters. The number of rotatable bonds is 4. The van der Waals surface area contributed by atoms with Gasteiger partial charge in [0, 0.05) is 10.7 Å². The summed E-state index contributed by atoms with van der Waals surface area (Å²) >= 11 is 6.30. The summed E-state index contributed by atoms with van der Waals surface area (Å²) in [4.78, 5) is 15.4. The Bertz CT molecular complexity index is 985. The smallest absolute Gasteiger partial charge is 0.242 e. The molecule has 0 spiro atoms. The second kappa shape index (κ2) is 7.13. The molecule has 1 aromatic heterocycles. The lowest BCUT2D eigenvalue weighted by Gasteiger charge is -2.25. The first-order chi connectivity index (χ1) is 13.1. The van der Waals surface area contributed by atoms with Gasteiger partial charge in [-0.05, 0) is 57.3 Å². The maximum absolute atomic E-state index is 13.7. The largest absolute Gasteiger partial charge is 0.320 e. The molecule has 0 radical (unpaired) electrons. The number of benzene rings is 2. The third-order valence-electron chi connectivity index (χ3n) is 4.80. The summed E-state index contributed by atoms with van der Waals surface area (Å²) in [6.07, 6.45) is 0.624. The van der Waals surface area contributed by atoms with Crippen LogP contribution in [0, 0.1) is 6.92 Å². The number of carbonyl (C=O) groups is 1. The van der Waals surface area contributed by atoms with Gasteiger partial charge in [0.2, 0.25) is 5.91 Å². The Morgan fingerprint density at radius 1 is 1.11 bits per heavy atom. The Morgan fingerprint density at radius 3 is 2.63 bits per heavy atom. The van der Waals surface area contributed by atoms with E-state index in [1.807, 2.05) is 67.1 Å². The first kappa shape index (κ1) is 17.7. The van der Waals surface area contributed by atoms with Gasteiger partial charge in [0.05, 0.1) is 11.4 Å². The highest BCUT2D eigenvalue weighted by Gasteiger charge is 2.37. The van der Waals surface area contributed by atoms with Crippen molar-refractivity contribution in [2.45, 2.75) is 19.3 Å². The highest BCUT2D eigenvalue weighted by molar-refractivity contribution is 6.31. The Labute approximate surface area is 162 Å². The van der Waals surface area contributed by atoms with Gasteiger partial charge in [0.1, 0.15) is 17.6 Å². The Balaban J connectivity index is 1.99. The lowest BCUT2D eigenvalue weighted by atomic mass is 10.0. The van der Waals surface area contributed by atoms with Gasteiger partial charge in [-0.25, -0.2) is 0 Å². The number of halogens is 1. The Kier molecular flexibility index (Phi) is 4.68. The van der Waals surface area contributed by atoms with Crippen LogP contribution in [-0.2, 0) is 4.79 Å². The zero-order valence-corrected chi connectivity index (χ0v) is 15.9. The number of para-hydroxylation sites is 1. The molecule has 2 heterocycles. The normalized spacial score (nSPS) is 16.0. The molecular formula is C20H20ClN5O. The molecule has 0 aliphatic carbocycles. The zero-order chi connectivity index (χ0) is 19.0. The molecule has 0 fully saturated rings. The Morgan fingerprint density at radius 2 is 1.89 bits per heavy atom. The fraction of sp³-hybridized carbons (Fsp3) is 0.250. The molecule has 4 rings (SSSR count). The summed E-state index contributed by atoms with van der Waals surface area (Å²) in [5, 5.41) is 12.3. The fourth-order valence-corrected chi connectivity index (χ4v) is 3.70. The highest BCUT2D eigenvalue weighted by atomic mass is 35.5. The molecule has 0 bridgehead atoms. The minimum absolute atomic E-state index is 0.0360. The van der Waals surface area contributed by atoms with Crippen LogP contribution in [0.3, 0.4) is 0 Å². The van der Waals surface area contributed by atoms with Crippen LogP contribution in [0.2, 0.25) is 5.02 Å². The van der Waals surface area contributed by atoms with E-state index in [0.29, 0.717) is 23.8 Å². The van der Waals surface area contributed by atoms with Gasteiger partial charge >= 0.3 is 0 Å². The topological polar surface area (TPSA) is 63.1 Å². The van der Waals surface area contributed by atoms with Crippen LogP contribution in [0.15, 0.2) is 48.5 Å². The van der Waals surface area contributed by atoms with Crippen molar-refractivity contribution in [1.29, 1.82) is 0 Å². The third kappa shape index (κ3) is 3.01. The van der Waals surface area contributed by atoms with E-state index in [9.17, 15) is 4.79 Å². The summed E-state index contributed by atoms with van der Waals surface area (Å²) in [5.74, 6) is 0.955. The van der Waals surface area contributed by atoms with Crippen molar-refractivity contribution in [3.63, 3.8) is 0 Å². The number of aromatic nitrogens is 3. The lowest BCUT2D eigenvalue weighted by molar-refractivity contribution is -0.119. The average Bonchev–Trinajstić information content (AvgIpc) is 3.00. The van der Waals surface area contributed by atoms with E-state index >= 15 is 0 Å². The van der Waals surface area contributed by atoms with Crippen LogP contribution in [0.5, 0.6) is 0 Å². The van der Waals surface area contributed by atoms with Crippen molar-refractivity contribution < 1.29 is 4.79 Å². The maximum Gasteiger partial charge on any atom is 0.242 e. The third-order valence-corrected chi connectivity index (χ3v) is 5.03. The highest BCUT2D eigenvalue weighted by Crippen LogP contribution is 2.40.